The molecule has 40 heavy (non-hydrogen) atoms. The van der Waals surface area contributed by atoms with E-state index in [2.05, 4.69) is 93.2 Å². The highest BCUT2D eigenvalue weighted by molar-refractivity contribution is 5.98. The fourth-order valence-corrected chi connectivity index (χ4v) is 6.05. The molecule has 1 fully saturated rings. The molecule has 0 saturated carbocycles. The molecule has 1 atom stereocenters. The highest BCUT2D eigenvalue weighted by atomic mass is 16.1. The molecular weight excluding hydrogens is 494 g/mol. The second-order valence-electron chi connectivity index (χ2n) is 11.4. The molecule has 0 spiro atoms. The van der Waals surface area contributed by atoms with Crippen molar-refractivity contribution < 1.29 is 4.79 Å². The maximum Gasteiger partial charge on any atom is 0.167 e. The number of hydrogen-bond donors (Lipinski definition) is 0. The summed E-state index contributed by atoms with van der Waals surface area (Å²) in [7, 11) is 2.19. The molecule has 0 amide bonds. The third-order valence-corrected chi connectivity index (χ3v) is 8.29. The number of Topliss-reactive ketones (excluding diaryl/α,β-unsaturated/α-hetero) is 1. The number of carbonyl (C=O) groups excluding carboxylic acids is 1. The largest absolute Gasteiger partial charge is 0.364 e. The van der Waals surface area contributed by atoms with Crippen LogP contribution in [0.15, 0.2) is 85.5 Å². The molecule has 0 bridgehead atoms. The summed E-state index contributed by atoms with van der Waals surface area (Å²) in [4.78, 5) is 29.3. The number of anilines is 1. The smallest absolute Gasteiger partial charge is 0.167 e. The molecule has 0 aliphatic carbocycles. The van der Waals surface area contributed by atoms with E-state index in [-0.39, 0.29) is 5.78 Å². The van der Waals surface area contributed by atoms with E-state index in [0.717, 1.165) is 62.6 Å². The third kappa shape index (κ3) is 5.98. The predicted molar refractivity (Wildman–Crippen MR) is 161 cm³/mol. The van der Waals surface area contributed by atoms with Gasteiger partial charge >= 0.3 is 0 Å². The Labute approximate surface area is 237 Å². The zero-order valence-electron chi connectivity index (χ0n) is 23.5. The maximum atomic E-state index is 13.7. The van der Waals surface area contributed by atoms with Gasteiger partial charge in [-0.2, -0.15) is 0 Å². The minimum absolute atomic E-state index is 0.159. The number of benzene rings is 3. The van der Waals surface area contributed by atoms with Crippen LogP contribution in [0.3, 0.4) is 0 Å². The first-order chi connectivity index (χ1) is 19.5. The van der Waals surface area contributed by atoms with E-state index in [0.29, 0.717) is 12.3 Å². The number of fused-ring (bicyclic) bond motifs is 1. The van der Waals surface area contributed by atoms with Gasteiger partial charge in [-0.15, -0.1) is 0 Å². The fourth-order valence-electron chi connectivity index (χ4n) is 6.05. The van der Waals surface area contributed by atoms with Crippen molar-refractivity contribution in [1.29, 1.82) is 0 Å². The second-order valence-corrected chi connectivity index (χ2v) is 11.4. The summed E-state index contributed by atoms with van der Waals surface area (Å²) in [6.07, 6.45) is 5.67. The lowest BCUT2D eigenvalue weighted by molar-refractivity contribution is 0.0992. The zero-order chi connectivity index (χ0) is 27.5. The first-order valence-corrected chi connectivity index (χ1v) is 14.3. The number of hydrogen-bond acceptors (Lipinski definition) is 6. The standard InChI is InChI=1S/C34H37N5O/c1-25-21-39(32-19-35-24-36-20-32)23-31-18-29(8-9-33(25)31)34(40)17-26-14-27(22-38-12-10-37(2)11-13-38)16-30(15-26)28-6-4-3-5-7-28/h3-9,14-16,18-20,24-25H,10-13,17,21-23H2,1-2H3. The average Bonchev–Trinajstić information content (AvgIpc) is 2.99. The molecule has 3 heterocycles. The lowest BCUT2D eigenvalue weighted by atomic mass is 9.88. The van der Waals surface area contributed by atoms with E-state index in [1.54, 1.807) is 6.33 Å². The fraction of sp³-hybridized carbons (Fsp3) is 0.324. The molecule has 1 unspecified atom stereocenters. The topological polar surface area (TPSA) is 52.6 Å². The highest BCUT2D eigenvalue weighted by Gasteiger charge is 2.24. The molecule has 3 aromatic carbocycles. The van der Waals surface area contributed by atoms with Crippen molar-refractivity contribution in [2.75, 3.05) is 44.7 Å². The van der Waals surface area contributed by atoms with Gasteiger partial charge in [0, 0.05) is 57.8 Å². The Balaban J connectivity index is 1.25. The van der Waals surface area contributed by atoms with E-state index >= 15 is 0 Å². The molecule has 204 valence electrons. The number of ketones is 1. The van der Waals surface area contributed by atoms with E-state index in [4.69, 9.17) is 0 Å². The molecule has 0 N–H and O–H groups in total. The lowest BCUT2D eigenvalue weighted by Crippen LogP contribution is -2.43. The van der Waals surface area contributed by atoms with Gasteiger partial charge in [-0.25, -0.2) is 9.97 Å². The summed E-state index contributed by atoms with van der Waals surface area (Å²) in [6, 6.07) is 23.5. The van der Waals surface area contributed by atoms with Crippen LogP contribution in [-0.4, -0.2) is 65.3 Å². The van der Waals surface area contributed by atoms with E-state index in [1.807, 2.05) is 24.5 Å². The van der Waals surface area contributed by atoms with Crippen molar-refractivity contribution in [3.05, 3.63) is 113 Å². The SMILES string of the molecule is CC1CN(c2cncnc2)Cc2cc(C(=O)Cc3cc(CN4CCN(C)CC4)cc(-c4ccccc4)c3)ccc21. The van der Waals surface area contributed by atoms with E-state index in [9.17, 15) is 4.79 Å². The summed E-state index contributed by atoms with van der Waals surface area (Å²) in [5.41, 5.74) is 9.04. The molecule has 1 aromatic heterocycles. The molecule has 4 aromatic rings. The van der Waals surface area contributed by atoms with Crippen LogP contribution in [0.2, 0.25) is 0 Å². The minimum Gasteiger partial charge on any atom is -0.364 e. The van der Waals surface area contributed by atoms with Gasteiger partial charge in [0.25, 0.3) is 0 Å². The van der Waals surface area contributed by atoms with Gasteiger partial charge < -0.3 is 9.80 Å². The van der Waals surface area contributed by atoms with Gasteiger partial charge in [0.1, 0.15) is 6.33 Å². The van der Waals surface area contributed by atoms with Gasteiger partial charge in [-0.1, -0.05) is 61.5 Å². The molecule has 6 rings (SSSR count). The van der Waals surface area contributed by atoms with Crippen molar-refractivity contribution in [3.63, 3.8) is 0 Å². The highest BCUT2D eigenvalue weighted by Crippen LogP contribution is 2.32. The quantitative estimate of drug-likeness (QED) is 0.296. The van der Waals surface area contributed by atoms with Crippen molar-refractivity contribution in [2.45, 2.75) is 32.4 Å². The molecule has 2 aliphatic heterocycles. The summed E-state index contributed by atoms with van der Waals surface area (Å²) in [5, 5.41) is 0. The molecule has 6 heteroatoms. The Hall–Kier alpha value is -3.87. The van der Waals surface area contributed by atoms with E-state index < -0.39 is 0 Å². The van der Waals surface area contributed by atoms with Crippen LogP contribution in [0.25, 0.3) is 11.1 Å². The molecule has 1 saturated heterocycles. The van der Waals surface area contributed by atoms with Crippen molar-refractivity contribution in [1.82, 2.24) is 19.8 Å². The summed E-state index contributed by atoms with van der Waals surface area (Å²) >= 11 is 0. The molecule has 0 radical (unpaired) electrons. The summed E-state index contributed by atoms with van der Waals surface area (Å²) in [5.74, 6) is 0.527. The van der Waals surface area contributed by atoms with Crippen molar-refractivity contribution in [3.8, 4) is 11.1 Å². The maximum absolute atomic E-state index is 13.7. The van der Waals surface area contributed by atoms with Gasteiger partial charge in [-0.05, 0) is 58.5 Å². The van der Waals surface area contributed by atoms with Crippen LogP contribution in [0.1, 0.15) is 45.5 Å². The van der Waals surface area contributed by atoms with Crippen LogP contribution in [0.5, 0.6) is 0 Å². The Bertz CT molecular complexity index is 1460. The number of piperazine rings is 1. The molecule has 2 aliphatic rings. The molecule has 6 nitrogen and oxygen atoms in total. The third-order valence-electron chi connectivity index (χ3n) is 8.29. The van der Waals surface area contributed by atoms with Gasteiger partial charge in [-0.3, -0.25) is 9.69 Å². The first-order valence-electron chi connectivity index (χ1n) is 14.3. The number of rotatable bonds is 7. The van der Waals surface area contributed by atoms with Gasteiger partial charge in [0.2, 0.25) is 0 Å². The van der Waals surface area contributed by atoms with Crippen LogP contribution >= 0.6 is 0 Å². The zero-order valence-corrected chi connectivity index (χ0v) is 23.5. The number of nitrogens with zero attached hydrogens (tertiary/aromatic N) is 5. The van der Waals surface area contributed by atoms with E-state index in [1.165, 1.54) is 27.8 Å². The number of aromatic nitrogens is 2. The minimum atomic E-state index is 0.159. The van der Waals surface area contributed by atoms with Crippen LogP contribution in [-0.2, 0) is 19.5 Å². The Kier molecular flexibility index (Phi) is 7.71. The predicted octanol–water partition coefficient (Wildman–Crippen LogP) is 5.44. The Morgan fingerprint density at radius 3 is 2.40 bits per heavy atom. The summed E-state index contributed by atoms with van der Waals surface area (Å²) < 4.78 is 0. The Morgan fingerprint density at radius 2 is 1.62 bits per heavy atom. The summed E-state index contributed by atoms with van der Waals surface area (Å²) in [6.45, 7) is 9.15. The van der Waals surface area contributed by atoms with Crippen molar-refractivity contribution >= 4 is 11.5 Å². The number of likely N-dealkylation sites (N-methyl/N-ethyl adjacent to an activating group) is 1. The second kappa shape index (κ2) is 11.7. The van der Waals surface area contributed by atoms with Gasteiger partial charge in [0.15, 0.2) is 5.78 Å². The number of carbonyl (C=O) groups is 1. The van der Waals surface area contributed by atoms with Crippen LogP contribution in [0, 0.1) is 0 Å². The first kappa shape index (κ1) is 26.4. The monoisotopic (exact) mass is 531 g/mol. The average molecular weight is 532 g/mol. The Morgan fingerprint density at radius 1 is 0.875 bits per heavy atom. The van der Waals surface area contributed by atoms with Crippen molar-refractivity contribution in [2.24, 2.45) is 0 Å². The van der Waals surface area contributed by atoms with Crippen LogP contribution < -0.4 is 4.90 Å². The molecular formula is C34H37N5O. The normalized spacial score (nSPS) is 17.9. The van der Waals surface area contributed by atoms with Crippen LogP contribution in [0.4, 0.5) is 5.69 Å². The lowest BCUT2D eigenvalue weighted by Gasteiger charge is -2.34. The van der Waals surface area contributed by atoms with Gasteiger partial charge in [0.05, 0.1) is 18.1 Å².